The van der Waals surface area contributed by atoms with Gasteiger partial charge in [0.2, 0.25) is 0 Å². The van der Waals surface area contributed by atoms with Gasteiger partial charge < -0.3 is 0 Å². The summed E-state index contributed by atoms with van der Waals surface area (Å²) >= 11 is 1.10. The van der Waals surface area contributed by atoms with Crippen molar-refractivity contribution in [3.63, 3.8) is 0 Å². The Hall–Kier alpha value is -1.82. The van der Waals surface area contributed by atoms with Crippen molar-refractivity contribution in [3.05, 3.63) is 35.4 Å². The Morgan fingerprint density at radius 2 is 1.64 bits per heavy atom. The van der Waals surface area contributed by atoms with E-state index in [1.807, 2.05) is 27.7 Å². The number of carbonyl (C=O) groups excluding carboxylic acids is 3. The van der Waals surface area contributed by atoms with Crippen molar-refractivity contribution in [2.24, 2.45) is 5.92 Å². The van der Waals surface area contributed by atoms with Crippen LogP contribution < -0.4 is 0 Å². The first-order chi connectivity index (χ1) is 10.4. The van der Waals surface area contributed by atoms with Crippen molar-refractivity contribution < 1.29 is 14.4 Å². The summed E-state index contributed by atoms with van der Waals surface area (Å²) < 4.78 is 0. The summed E-state index contributed by atoms with van der Waals surface area (Å²) in [6.45, 7) is 7.63. The molecule has 2 rings (SSSR count). The lowest BCUT2D eigenvalue weighted by atomic mass is 10.1. The smallest absolute Gasteiger partial charge is 0.267 e. The van der Waals surface area contributed by atoms with Gasteiger partial charge in [0, 0.05) is 0 Å². The molecule has 1 unspecified atom stereocenters. The van der Waals surface area contributed by atoms with Gasteiger partial charge in [-0.3, -0.25) is 14.4 Å². The number of rotatable bonds is 4. The van der Waals surface area contributed by atoms with Crippen LogP contribution in [0.5, 0.6) is 0 Å². The van der Waals surface area contributed by atoms with Crippen molar-refractivity contribution in [1.29, 1.82) is 0 Å². The Bertz CT molecular complexity index is 580. The monoisotopic (exact) mass is 320 g/mol. The molecular weight excluding hydrogens is 300 g/mol. The minimum absolute atomic E-state index is 0.116. The van der Waals surface area contributed by atoms with Gasteiger partial charge in [-0.2, -0.15) is 5.01 Å². The Morgan fingerprint density at radius 1 is 1.14 bits per heavy atom. The summed E-state index contributed by atoms with van der Waals surface area (Å²) in [5.74, 6) is -0.162. The van der Waals surface area contributed by atoms with Gasteiger partial charge in [0.05, 0.1) is 17.2 Å². The molecule has 0 saturated heterocycles. The molecule has 1 aromatic rings. The van der Waals surface area contributed by atoms with Crippen LogP contribution in [0.15, 0.2) is 24.3 Å². The molecule has 0 saturated carbocycles. The van der Waals surface area contributed by atoms with Gasteiger partial charge in [0.25, 0.3) is 11.8 Å². The molecule has 0 aromatic heterocycles. The number of imide groups is 1. The zero-order valence-corrected chi connectivity index (χ0v) is 14.0. The number of nitrogens with zero attached hydrogens (tertiary/aromatic N) is 2. The SMILES string of the molecule is CCSC(=O)N(C(C)C(C)C)N1C(=O)c2ccccc2C1=O. The summed E-state index contributed by atoms with van der Waals surface area (Å²) in [6.07, 6.45) is 0. The van der Waals surface area contributed by atoms with E-state index in [-0.39, 0.29) is 17.2 Å². The highest BCUT2D eigenvalue weighted by atomic mass is 32.2. The second-order valence-electron chi connectivity index (χ2n) is 5.50. The molecule has 1 heterocycles. The van der Waals surface area contributed by atoms with Gasteiger partial charge in [0.1, 0.15) is 0 Å². The molecule has 0 bridgehead atoms. The highest BCUT2D eigenvalue weighted by Crippen LogP contribution is 2.29. The number of hydrogen-bond donors (Lipinski definition) is 0. The molecule has 118 valence electrons. The number of fused-ring (bicyclic) bond motifs is 1. The standard InChI is InChI=1S/C16H20N2O3S/c1-5-22-16(21)17(11(4)10(2)3)18-14(19)12-8-6-7-9-13(12)15(18)20/h6-11H,5H2,1-4H3. The largest absolute Gasteiger partial charge is 0.300 e. The fraction of sp³-hybridized carbons (Fsp3) is 0.438. The second kappa shape index (κ2) is 6.52. The molecule has 5 nitrogen and oxygen atoms in total. The molecule has 1 aliphatic heterocycles. The van der Waals surface area contributed by atoms with Crippen LogP contribution in [0.4, 0.5) is 4.79 Å². The average Bonchev–Trinajstić information content (AvgIpc) is 2.73. The zero-order chi connectivity index (χ0) is 16.4. The van der Waals surface area contributed by atoms with Gasteiger partial charge in [-0.05, 0) is 30.7 Å². The molecule has 1 atom stereocenters. The first-order valence-corrected chi connectivity index (χ1v) is 8.32. The second-order valence-corrected chi connectivity index (χ2v) is 6.71. The summed E-state index contributed by atoms with van der Waals surface area (Å²) in [5, 5.41) is 2.03. The van der Waals surface area contributed by atoms with E-state index in [0.717, 1.165) is 16.8 Å². The molecule has 0 N–H and O–H groups in total. The van der Waals surface area contributed by atoms with Crippen molar-refractivity contribution >= 4 is 28.8 Å². The van der Waals surface area contributed by atoms with E-state index in [9.17, 15) is 14.4 Å². The lowest BCUT2D eigenvalue weighted by molar-refractivity contribution is 0.00373. The fourth-order valence-corrected chi connectivity index (χ4v) is 2.90. The summed E-state index contributed by atoms with van der Waals surface area (Å²) in [5.41, 5.74) is 0.700. The molecule has 1 aromatic carbocycles. The van der Waals surface area contributed by atoms with E-state index in [1.165, 1.54) is 5.01 Å². The first-order valence-electron chi connectivity index (χ1n) is 7.33. The van der Waals surface area contributed by atoms with E-state index in [4.69, 9.17) is 0 Å². The van der Waals surface area contributed by atoms with Crippen LogP contribution in [0.25, 0.3) is 0 Å². The maximum absolute atomic E-state index is 12.6. The van der Waals surface area contributed by atoms with Gasteiger partial charge >= 0.3 is 5.24 Å². The van der Waals surface area contributed by atoms with E-state index in [0.29, 0.717) is 16.9 Å². The van der Waals surface area contributed by atoms with Crippen LogP contribution in [0.3, 0.4) is 0 Å². The Labute approximate surface area is 134 Å². The third kappa shape index (κ3) is 2.75. The maximum Gasteiger partial charge on any atom is 0.300 e. The number of thioether (sulfide) groups is 1. The average molecular weight is 320 g/mol. The number of amides is 3. The van der Waals surface area contributed by atoms with Crippen molar-refractivity contribution in [3.8, 4) is 0 Å². The molecule has 3 amide bonds. The highest BCUT2D eigenvalue weighted by molar-refractivity contribution is 8.13. The normalized spacial score (nSPS) is 15.2. The maximum atomic E-state index is 12.6. The zero-order valence-electron chi connectivity index (χ0n) is 13.2. The Morgan fingerprint density at radius 3 is 2.05 bits per heavy atom. The van der Waals surface area contributed by atoms with Crippen LogP contribution in [0.1, 0.15) is 48.4 Å². The molecule has 0 radical (unpaired) electrons. The quantitative estimate of drug-likeness (QED) is 0.798. The highest BCUT2D eigenvalue weighted by Gasteiger charge is 2.43. The van der Waals surface area contributed by atoms with Gasteiger partial charge in [0.15, 0.2) is 0 Å². The van der Waals surface area contributed by atoms with Crippen LogP contribution in [-0.4, -0.2) is 38.9 Å². The summed E-state index contributed by atoms with van der Waals surface area (Å²) in [7, 11) is 0. The number of benzene rings is 1. The molecular formula is C16H20N2O3S. The topological polar surface area (TPSA) is 57.7 Å². The number of hydrogen-bond acceptors (Lipinski definition) is 4. The lowest BCUT2D eigenvalue weighted by Crippen LogP contribution is -2.54. The van der Waals surface area contributed by atoms with Crippen LogP contribution in [0, 0.1) is 5.92 Å². The predicted octanol–water partition coefficient (Wildman–Crippen LogP) is 3.42. The van der Waals surface area contributed by atoms with E-state index >= 15 is 0 Å². The minimum atomic E-state index is -0.432. The molecule has 1 aliphatic rings. The van der Waals surface area contributed by atoms with E-state index in [1.54, 1.807) is 24.3 Å². The van der Waals surface area contributed by atoms with Crippen molar-refractivity contribution in [2.75, 3.05) is 5.75 Å². The molecule has 0 spiro atoms. The summed E-state index contributed by atoms with van der Waals surface area (Å²) in [4.78, 5) is 37.6. The van der Waals surface area contributed by atoms with Gasteiger partial charge in [-0.15, -0.1) is 0 Å². The van der Waals surface area contributed by atoms with Gasteiger partial charge in [-0.1, -0.05) is 44.7 Å². The molecule has 6 heteroatoms. The van der Waals surface area contributed by atoms with Crippen LogP contribution in [0.2, 0.25) is 0 Å². The Balaban J connectivity index is 2.43. The third-order valence-corrected chi connectivity index (χ3v) is 4.52. The molecule has 22 heavy (non-hydrogen) atoms. The van der Waals surface area contributed by atoms with Crippen molar-refractivity contribution in [1.82, 2.24) is 10.0 Å². The van der Waals surface area contributed by atoms with E-state index in [2.05, 4.69) is 0 Å². The number of hydrazine groups is 1. The van der Waals surface area contributed by atoms with E-state index < -0.39 is 11.8 Å². The number of carbonyl (C=O) groups is 3. The third-order valence-electron chi connectivity index (χ3n) is 3.79. The van der Waals surface area contributed by atoms with Gasteiger partial charge in [-0.25, -0.2) is 5.01 Å². The summed E-state index contributed by atoms with van der Waals surface area (Å²) in [6, 6.07) is 6.41. The van der Waals surface area contributed by atoms with Crippen molar-refractivity contribution in [2.45, 2.75) is 33.7 Å². The Kier molecular flexibility index (Phi) is 4.90. The fourth-order valence-electron chi connectivity index (χ4n) is 2.27. The van der Waals surface area contributed by atoms with Crippen LogP contribution in [-0.2, 0) is 0 Å². The molecule has 0 fully saturated rings. The predicted molar refractivity (Wildman–Crippen MR) is 86.6 cm³/mol. The molecule has 0 aliphatic carbocycles. The van der Waals surface area contributed by atoms with Crippen LogP contribution >= 0.6 is 11.8 Å². The minimum Gasteiger partial charge on any atom is -0.267 e. The first kappa shape index (κ1) is 16.5. The lowest BCUT2D eigenvalue weighted by Gasteiger charge is -2.36.